The molecule has 0 atom stereocenters. The Labute approximate surface area is 93.2 Å². The molecule has 76 valence electrons. The van der Waals surface area contributed by atoms with E-state index in [1.807, 2.05) is 19.9 Å². The van der Waals surface area contributed by atoms with Crippen molar-refractivity contribution in [2.75, 3.05) is 11.9 Å². The molecule has 14 heavy (non-hydrogen) atoms. The van der Waals surface area contributed by atoms with Crippen molar-refractivity contribution in [3.05, 3.63) is 22.2 Å². The minimum absolute atomic E-state index is 0.232. The smallest absolute Gasteiger partial charge is 0.161 e. The van der Waals surface area contributed by atoms with Crippen molar-refractivity contribution in [3.63, 3.8) is 0 Å². The molecule has 0 aromatic heterocycles. The van der Waals surface area contributed by atoms with Crippen molar-refractivity contribution < 1.29 is 4.74 Å². The lowest BCUT2D eigenvalue weighted by Crippen LogP contribution is -2.40. The average Bonchev–Trinajstić information content (AvgIpc) is 2.06. The van der Waals surface area contributed by atoms with Gasteiger partial charge in [-0.3, -0.25) is 0 Å². The molecule has 0 amide bonds. The number of anilines is 1. The normalized spacial score (nSPS) is 18.0. The molecule has 4 heteroatoms. The van der Waals surface area contributed by atoms with Gasteiger partial charge in [-0.05, 0) is 26.0 Å². The first-order valence-corrected chi connectivity index (χ1v) is 5.15. The second-order valence-corrected chi connectivity index (χ2v) is 4.82. The molecule has 0 bridgehead atoms. The number of benzene rings is 1. The summed E-state index contributed by atoms with van der Waals surface area (Å²) in [6.45, 7) is 4.76. The summed E-state index contributed by atoms with van der Waals surface area (Å²) in [6.07, 6.45) is 0. The first-order valence-electron chi connectivity index (χ1n) is 4.40. The molecule has 1 heterocycles. The third-order valence-corrected chi connectivity index (χ3v) is 2.59. The van der Waals surface area contributed by atoms with Crippen molar-refractivity contribution >= 4 is 28.9 Å². The van der Waals surface area contributed by atoms with Crippen LogP contribution in [-0.4, -0.2) is 12.1 Å². The molecule has 1 aromatic carbocycles. The van der Waals surface area contributed by atoms with Gasteiger partial charge in [0.2, 0.25) is 0 Å². The van der Waals surface area contributed by atoms with E-state index >= 15 is 0 Å². The number of fused-ring (bicyclic) bond motifs is 1. The molecular weight excluding hydrogens is 221 g/mol. The van der Waals surface area contributed by atoms with Crippen LogP contribution in [0, 0.1) is 0 Å². The van der Waals surface area contributed by atoms with Crippen molar-refractivity contribution in [1.82, 2.24) is 0 Å². The first-order chi connectivity index (χ1) is 6.48. The van der Waals surface area contributed by atoms with Gasteiger partial charge >= 0.3 is 0 Å². The monoisotopic (exact) mass is 231 g/mol. The van der Waals surface area contributed by atoms with Crippen LogP contribution in [0.4, 0.5) is 5.69 Å². The number of rotatable bonds is 0. The SMILES string of the molecule is CC1(C)CNc2cc(Cl)cc(Cl)c2O1. The van der Waals surface area contributed by atoms with Crippen LogP contribution in [0.15, 0.2) is 12.1 Å². The third-order valence-electron chi connectivity index (χ3n) is 2.09. The van der Waals surface area contributed by atoms with Gasteiger partial charge in [0.25, 0.3) is 0 Å². The molecule has 0 aliphatic carbocycles. The van der Waals surface area contributed by atoms with Gasteiger partial charge < -0.3 is 10.1 Å². The predicted octanol–water partition coefficient (Wildman–Crippen LogP) is 3.58. The van der Waals surface area contributed by atoms with Gasteiger partial charge in [-0.1, -0.05) is 23.2 Å². The van der Waals surface area contributed by atoms with Crippen LogP contribution in [0.5, 0.6) is 5.75 Å². The quantitative estimate of drug-likeness (QED) is 0.738. The van der Waals surface area contributed by atoms with E-state index in [9.17, 15) is 0 Å². The summed E-state index contributed by atoms with van der Waals surface area (Å²) in [4.78, 5) is 0. The summed E-state index contributed by atoms with van der Waals surface area (Å²) in [5.74, 6) is 0.687. The van der Waals surface area contributed by atoms with E-state index < -0.39 is 0 Å². The fraction of sp³-hybridized carbons (Fsp3) is 0.400. The number of halogens is 2. The van der Waals surface area contributed by atoms with Gasteiger partial charge in [0.1, 0.15) is 5.60 Å². The van der Waals surface area contributed by atoms with Crippen LogP contribution in [-0.2, 0) is 0 Å². The Morgan fingerprint density at radius 1 is 1.36 bits per heavy atom. The van der Waals surface area contributed by atoms with E-state index in [4.69, 9.17) is 27.9 Å². The molecule has 0 spiro atoms. The largest absolute Gasteiger partial charge is 0.482 e. The maximum absolute atomic E-state index is 6.03. The van der Waals surface area contributed by atoms with E-state index in [0.29, 0.717) is 15.8 Å². The van der Waals surface area contributed by atoms with Gasteiger partial charge in [0.05, 0.1) is 17.3 Å². The highest BCUT2D eigenvalue weighted by molar-refractivity contribution is 6.36. The van der Waals surface area contributed by atoms with Gasteiger partial charge in [-0.25, -0.2) is 0 Å². The standard InChI is InChI=1S/C10H11Cl2NO/c1-10(2)5-13-8-4-6(11)3-7(12)9(8)14-10/h3-4,13H,5H2,1-2H3. The fourth-order valence-electron chi connectivity index (χ4n) is 1.42. The molecule has 2 rings (SSSR count). The molecule has 2 nitrogen and oxygen atoms in total. The zero-order valence-corrected chi connectivity index (χ0v) is 9.54. The molecule has 0 fully saturated rings. The highest BCUT2D eigenvalue weighted by Crippen LogP contribution is 2.40. The average molecular weight is 232 g/mol. The van der Waals surface area contributed by atoms with Crippen LogP contribution in [0.1, 0.15) is 13.8 Å². The second kappa shape index (κ2) is 3.21. The number of nitrogens with one attached hydrogen (secondary N) is 1. The van der Waals surface area contributed by atoms with Crippen LogP contribution in [0.25, 0.3) is 0 Å². The summed E-state index contributed by atoms with van der Waals surface area (Å²) in [7, 11) is 0. The Morgan fingerprint density at radius 3 is 2.79 bits per heavy atom. The van der Waals surface area contributed by atoms with E-state index in [0.717, 1.165) is 12.2 Å². The van der Waals surface area contributed by atoms with Crippen LogP contribution in [0.3, 0.4) is 0 Å². The minimum Gasteiger partial charge on any atom is -0.482 e. The second-order valence-electron chi connectivity index (χ2n) is 3.98. The number of hydrogen-bond donors (Lipinski definition) is 1. The zero-order valence-electron chi connectivity index (χ0n) is 8.03. The number of ether oxygens (including phenoxy) is 1. The van der Waals surface area contributed by atoms with Gasteiger partial charge in [-0.15, -0.1) is 0 Å². The Kier molecular flexibility index (Phi) is 2.28. The Balaban J connectivity index is 2.47. The summed E-state index contributed by atoms with van der Waals surface area (Å²) in [6, 6.07) is 3.50. The first kappa shape index (κ1) is 9.94. The van der Waals surface area contributed by atoms with Crippen molar-refractivity contribution in [1.29, 1.82) is 0 Å². The summed E-state index contributed by atoms with van der Waals surface area (Å²) in [5, 5.41) is 4.40. The van der Waals surface area contributed by atoms with E-state index in [1.165, 1.54) is 0 Å². The molecule has 0 radical (unpaired) electrons. The Hall–Kier alpha value is -0.600. The molecule has 1 aromatic rings. The molecule has 0 saturated heterocycles. The number of hydrogen-bond acceptors (Lipinski definition) is 2. The molecule has 0 saturated carbocycles. The van der Waals surface area contributed by atoms with Crippen molar-refractivity contribution in [3.8, 4) is 5.75 Å². The molecule has 0 unspecified atom stereocenters. The van der Waals surface area contributed by atoms with E-state index in [1.54, 1.807) is 6.07 Å². The lowest BCUT2D eigenvalue weighted by atomic mass is 10.1. The topological polar surface area (TPSA) is 21.3 Å². The fourth-order valence-corrected chi connectivity index (χ4v) is 1.95. The Bertz CT molecular complexity index is 377. The van der Waals surface area contributed by atoms with Crippen LogP contribution >= 0.6 is 23.2 Å². The van der Waals surface area contributed by atoms with Crippen molar-refractivity contribution in [2.45, 2.75) is 19.4 Å². The third kappa shape index (κ3) is 1.77. The summed E-state index contributed by atoms with van der Waals surface area (Å²) >= 11 is 11.9. The van der Waals surface area contributed by atoms with Gasteiger partial charge in [0, 0.05) is 5.02 Å². The van der Waals surface area contributed by atoms with Gasteiger partial charge in [0.15, 0.2) is 5.75 Å². The lowest BCUT2D eigenvalue weighted by Gasteiger charge is -2.34. The summed E-state index contributed by atoms with van der Waals surface area (Å²) < 4.78 is 5.75. The van der Waals surface area contributed by atoms with E-state index in [2.05, 4.69) is 5.32 Å². The van der Waals surface area contributed by atoms with Crippen molar-refractivity contribution in [2.24, 2.45) is 0 Å². The maximum atomic E-state index is 6.03. The minimum atomic E-state index is -0.232. The highest BCUT2D eigenvalue weighted by atomic mass is 35.5. The predicted molar refractivity (Wildman–Crippen MR) is 59.7 cm³/mol. The summed E-state index contributed by atoms with van der Waals surface area (Å²) in [5.41, 5.74) is 0.631. The highest BCUT2D eigenvalue weighted by Gasteiger charge is 2.28. The molecule has 1 aliphatic heterocycles. The van der Waals surface area contributed by atoms with Gasteiger partial charge in [-0.2, -0.15) is 0 Å². The molecular formula is C10H11Cl2NO. The van der Waals surface area contributed by atoms with E-state index in [-0.39, 0.29) is 5.60 Å². The lowest BCUT2D eigenvalue weighted by molar-refractivity contribution is 0.116. The van der Waals surface area contributed by atoms with Crippen LogP contribution in [0.2, 0.25) is 10.0 Å². The Morgan fingerprint density at radius 2 is 2.07 bits per heavy atom. The molecule has 1 N–H and O–H groups in total. The zero-order chi connectivity index (χ0) is 10.3. The maximum Gasteiger partial charge on any atom is 0.161 e. The van der Waals surface area contributed by atoms with Crippen LogP contribution < -0.4 is 10.1 Å². The molecule has 1 aliphatic rings.